The molecule has 1 aromatic carbocycles. The van der Waals surface area contributed by atoms with Crippen molar-refractivity contribution in [2.24, 2.45) is 0 Å². The first-order valence-corrected chi connectivity index (χ1v) is 13.4. The van der Waals surface area contributed by atoms with Crippen LogP contribution < -0.4 is 0 Å². The first-order chi connectivity index (χ1) is 16.0. The fourth-order valence-corrected chi connectivity index (χ4v) is 7.32. The standard InChI is InChI=1S/C24H29N5O3S2/c1-14-15(2)17(4)21(18(5)16(14)3)34(31,32)29-12-10-28(11-13-29)24(30)20-19(6)27-23(33-20)22-25-8-7-9-26-22/h7-9H,10-13H2,1-6H3. The minimum absolute atomic E-state index is 0.136. The number of benzene rings is 1. The number of thiazole rings is 1. The number of carbonyl (C=O) groups is 1. The molecule has 0 spiro atoms. The minimum atomic E-state index is -3.67. The second kappa shape index (κ2) is 9.16. The van der Waals surface area contributed by atoms with Crippen LogP contribution >= 0.6 is 11.3 Å². The molecule has 0 radical (unpaired) electrons. The van der Waals surface area contributed by atoms with Crippen LogP contribution in [0.1, 0.15) is 43.2 Å². The lowest BCUT2D eigenvalue weighted by molar-refractivity contribution is 0.0701. The molecule has 34 heavy (non-hydrogen) atoms. The Morgan fingerprint density at radius 3 is 1.94 bits per heavy atom. The lowest BCUT2D eigenvalue weighted by atomic mass is 9.95. The Hall–Kier alpha value is -2.69. The highest BCUT2D eigenvalue weighted by molar-refractivity contribution is 7.89. The number of rotatable bonds is 4. The van der Waals surface area contributed by atoms with Gasteiger partial charge < -0.3 is 4.90 Å². The topological polar surface area (TPSA) is 96.4 Å². The van der Waals surface area contributed by atoms with Crippen molar-refractivity contribution in [2.75, 3.05) is 26.2 Å². The highest BCUT2D eigenvalue weighted by Gasteiger charge is 2.34. The fraction of sp³-hybridized carbons (Fsp3) is 0.417. The number of aryl methyl sites for hydroxylation is 1. The molecule has 0 saturated carbocycles. The highest BCUT2D eigenvalue weighted by Crippen LogP contribution is 2.32. The number of hydrogen-bond acceptors (Lipinski definition) is 7. The van der Waals surface area contributed by atoms with Crippen LogP contribution in [0.4, 0.5) is 0 Å². The van der Waals surface area contributed by atoms with Crippen LogP contribution in [-0.4, -0.2) is 64.7 Å². The molecule has 0 unspecified atom stereocenters. The van der Waals surface area contributed by atoms with Crippen molar-refractivity contribution in [3.63, 3.8) is 0 Å². The molecule has 1 aliphatic heterocycles. The summed E-state index contributed by atoms with van der Waals surface area (Å²) in [6.07, 6.45) is 3.28. The predicted molar refractivity (Wildman–Crippen MR) is 133 cm³/mol. The Balaban J connectivity index is 1.53. The molecule has 0 atom stereocenters. The molecular weight excluding hydrogens is 470 g/mol. The second-order valence-electron chi connectivity index (χ2n) is 8.66. The highest BCUT2D eigenvalue weighted by atomic mass is 32.2. The van der Waals surface area contributed by atoms with Gasteiger partial charge in [0.1, 0.15) is 4.88 Å². The Kier molecular flexibility index (Phi) is 6.58. The predicted octanol–water partition coefficient (Wildman–Crippen LogP) is 3.60. The molecule has 1 saturated heterocycles. The van der Waals surface area contributed by atoms with E-state index in [0.29, 0.717) is 39.4 Å². The van der Waals surface area contributed by atoms with Crippen LogP contribution in [0.3, 0.4) is 0 Å². The Labute approximate surface area is 204 Å². The summed E-state index contributed by atoms with van der Waals surface area (Å²) in [5, 5.41) is 0.596. The summed E-state index contributed by atoms with van der Waals surface area (Å²) in [6.45, 7) is 12.7. The van der Waals surface area contributed by atoms with Crippen molar-refractivity contribution in [3.05, 3.63) is 56.8 Å². The molecule has 3 aromatic rings. The summed E-state index contributed by atoms with van der Waals surface area (Å²) in [5.41, 5.74) is 5.38. The van der Waals surface area contributed by atoms with E-state index in [2.05, 4.69) is 15.0 Å². The van der Waals surface area contributed by atoms with E-state index in [4.69, 9.17) is 0 Å². The largest absolute Gasteiger partial charge is 0.335 e. The molecule has 1 fully saturated rings. The third-order valence-electron chi connectivity index (χ3n) is 6.80. The van der Waals surface area contributed by atoms with Crippen LogP contribution in [0.5, 0.6) is 0 Å². The van der Waals surface area contributed by atoms with Gasteiger partial charge in [0.05, 0.1) is 10.6 Å². The van der Waals surface area contributed by atoms with E-state index in [1.165, 1.54) is 15.6 Å². The number of hydrogen-bond donors (Lipinski definition) is 0. The minimum Gasteiger partial charge on any atom is -0.335 e. The molecule has 4 rings (SSSR count). The van der Waals surface area contributed by atoms with E-state index in [9.17, 15) is 13.2 Å². The van der Waals surface area contributed by atoms with Crippen molar-refractivity contribution in [1.82, 2.24) is 24.2 Å². The van der Waals surface area contributed by atoms with Gasteiger partial charge >= 0.3 is 0 Å². The van der Waals surface area contributed by atoms with Gasteiger partial charge in [-0.25, -0.2) is 23.4 Å². The van der Waals surface area contributed by atoms with Crippen LogP contribution in [0.15, 0.2) is 23.4 Å². The van der Waals surface area contributed by atoms with Gasteiger partial charge in [0.2, 0.25) is 10.0 Å². The first kappa shape index (κ1) is 24.4. The van der Waals surface area contributed by atoms with Crippen molar-refractivity contribution < 1.29 is 13.2 Å². The second-order valence-corrected chi connectivity index (χ2v) is 11.5. The number of nitrogens with zero attached hydrogens (tertiary/aromatic N) is 5. The zero-order valence-corrected chi connectivity index (χ0v) is 22.0. The summed E-state index contributed by atoms with van der Waals surface area (Å²) in [6, 6.07) is 1.73. The molecule has 1 amide bonds. The van der Waals surface area contributed by atoms with E-state index in [-0.39, 0.29) is 19.0 Å². The summed E-state index contributed by atoms with van der Waals surface area (Å²) < 4.78 is 28.7. The van der Waals surface area contributed by atoms with Crippen molar-refractivity contribution >= 4 is 27.3 Å². The van der Waals surface area contributed by atoms with Crippen LogP contribution in [-0.2, 0) is 10.0 Å². The molecule has 180 valence electrons. The molecule has 2 aromatic heterocycles. The average Bonchev–Trinajstić information content (AvgIpc) is 3.23. The maximum atomic E-state index is 13.6. The van der Waals surface area contributed by atoms with Gasteiger partial charge in [-0.05, 0) is 75.4 Å². The molecular formula is C24H29N5O3S2. The zero-order valence-electron chi connectivity index (χ0n) is 20.3. The van der Waals surface area contributed by atoms with E-state index in [1.54, 1.807) is 30.3 Å². The van der Waals surface area contributed by atoms with Gasteiger partial charge in [0, 0.05) is 38.6 Å². The molecule has 1 aliphatic rings. The third kappa shape index (κ3) is 4.14. The SMILES string of the molecule is Cc1nc(-c2ncccn2)sc1C(=O)N1CCN(S(=O)(=O)c2c(C)c(C)c(C)c(C)c2C)CC1. The van der Waals surface area contributed by atoms with E-state index < -0.39 is 10.0 Å². The van der Waals surface area contributed by atoms with E-state index in [0.717, 1.165) is 27.8 Å². The normalized spacial score (nSPS) is 15.1. The summed E-state index contributed by atoms with van der Waals surface area (Å²) in [4.78, 5) is 28.8. The number of amides is 1. The number of aromatic nitrogens is 3. The molecule has 10 heteroatoms. The van der Waals surface area contributed by atoms with Crippen LogP contribution in [0.2, 0.25) is 0 Å². The van der Waals surface area contributed by atoms with Gasteiger partial charge in [-0.1, -0.05) is 0 Å². The van der Waals surface area contributed by atoms with Crippen molar-refractivity contribution in [2.45, 2.75) is 46.4 Å². The third-order valence-corrected chi connectivity index (χ3v) is 10.1. The van der Waals surface area contributed by atoms with Crippen LogP contribution in [0.25, 0.3) is 10.8 Å². The lowest BCUT2D eigenvalue weighted by Crippen LogP contribution is -2.50. The van der Waals surface area contributed by atoms with Crippen molar-refractivity contribution in [1.29, 1.82) is 0 Å². The Morgan fingerprint density at radius 1 is 0.853 bits per heavy atom. The Bertz CT molecular complexity index is 1330. The molecule has 0 bridgehead atoms. The van der Waals surface area contributed by atoms with Gasteiger partial charge in [0.15, 0.2) is 10.8 Å². The maximum absolute atomic E-state index is 13.6. The summed E-state index contributed by atoms with van der Waals surface area (Å²) >= 11 is 1.27. The van der Waals surface area contributed by atoms with Gasteiger partial charge in [-0.15, -0.1) is 11.3 Å². The fourth-order valence-electron chi connectivity index (χ4n) is 4.36. The molecule has 0 aliphatic carbocycles. The Morgan fingerprint density at radius 2 is 1.38 bits per heavy atom. The quantitative estimate of drug-likeness (QED) is 0.544. The lowest BCUT2D eigenvalue weighted by Gasteiger charge is -2.34. The molecule has 0 N–H and O–H groups in total. The number of carbonyl (C=O) groups excluding carboxylic acids is 1. The monoisotopic (exact) mass is 499 g/mol. The van der Waals surface area contributed by atoms with Crippen LogP contribution in [0, 0.1) is 41.5 Å². The van der Waals surface area contributed by atoms with Gasteiger partial charge in [-0.2, -0.15) is 4.31 Å². The number of sulfonamides is 1. The van der Waals surface area contributed by atoms with Gasteiger partial charge in [0.25, 0.3) is 5.91 Å². The first-order valence-electron chi connectivity index (χ1n) is 11.1. The molecule has 3 heterocycles. The van der Waals surface area contributed by atoms with Crippen molar-refractivity contribution in [3.8, 4) is 10.8 Å². The molecule has 8 nitrogen and oxygen atoms in total. The van der Waals surface area contributed by atoms with E-state index in [1.807, 2.05) is 34.6 Å². The van der Waals surface area contributed by atoms with Gasteiger partial charge in [-0.3, -0.25) is 4.79 Å². The maximum Gasteiger partial charge on any atom is 0.265 e. The smallest absolute Gasteiger partial charge is 0.265 e. The summed E-state index contributed by atoms with van der Waals surface area (Å²) in [5.74, 6) is 0.351. The average molecular weight is 500 g/mol. The number of piperazine rings is 1. The zero-order chi connectivity index (χ0) is 24.8. The summed E-state index contributed by atoms with van der Waals surface area (Å²) in [7, 11) is -3.67. The van der Waals surface area contributed by atoms with E-state index >= 15 is 0 Å².